The lowest BCUT2D eigenvalue weighted by Gasteiger charge is -2.39. The highest BCUT2D eigenvalue weighted by molar-refractivity contribution is 6.17. The van der Waals surface area contributed by atoms with Crippen molar-refractivity contribution in [1.29, 1.82) is 5.26 Å². The molecule has 0 aliphatic heterocycles. The van der Waals surface area contributed by atoms with Crippen LogP contribution >= 0.6 is 11.6 Å². The molecular formula is C16H18ClN3. The molecule has 1 aliphatic rings. The lowest BCUT2D eigenvalue weighted by molar-refractivity contribution is 0.132. The zero-order valence-electron chi connectivity index (χ0n) is 11.7. The minimum atomic E-state index is 0.372. The first-order valence-electron chi connectivity index (χ1n) is 7.10. The van der Waals surface area contributed by atoms with Crippen molar-refractivity contribution in [2.75, 3.05) is 5.88 Å². The second-order valence-corrected chi connectivity index (χ2v) is 6.41. The summed E-state index contributed by atoms with van der Waals surface area (Å²) >= 11 is 5.91. The summed E-state index contributed by atoms with van der Waals surface area (Å²) in [6, 6.07) is 7.92. The number of rotatable bonds is 4. The molecule has 4 heteroatoms. The molecule has 0 N–H and O–H groups in total. The van der Waals surface area contributed by atoms with Crippen molar-refractivity contribution >= 4 is 22.6 Å². The lowest BCUT2D eigenvalue weighted by atomic mass is 9.70. The van der Waals surface area contributed by atoms with E-state index in [1.807, 2.05) is 18.2 Å². The molecule has 1 heterocycles. The van der Waals surface area contributed by atoms with Crippen molar-refractivity contribution in [3.05, 3.63) is 29.6 Å². The first kappa shape index (κ1) is 13.5. The highest BCUT2D eigenvalue weighted by Crippen LogP contribution is 2.42. The van der Waals surface area contributed by atoms with Crippen LogP contribution in [0.25, 0.3) is 11.0 Å². The predicted molar refractivity (Wildman–Crippen MR) is 80.8 cm³/mol. The van der Waals surface area contributed by atoms with E-state index in [1.54, 1.807) is 0 Å². The summed E-state index contributed by atoms with van der Waals surface area (Å²) in [7, 11) is 0. The van der Waals surface area contributed by atoms with Crippen LogP contribution in [0.2, 0.25) is 0 Å². The minimum absolute atomic E-state index is 0.372. The molecule has 0 unspecified atom stereocenters. The lowest BCUT2D eigenvalue weighted by Crippen LogP contribution is -2.31. The summed E-state index contributed by atoms with van der Waals surface area (Å²) in [5.74, 6) is 1.61. The quantitative estimate of drug-likeness (QED) is 0.801. The fraction of sp³-hybridized carbons (Fsp3) is 0.500. The van der Waals surface area contributed by atoms with Gasteiger partial charge in [-0.25, -0.2) is 4.98 Å². The van der Waals surface area contributed by atoms with Gasteiger partial charge >= 0.3 is 0 Å². The number of alkyl halides is 1. The van der Waals surface area contributed by atoms with Gasteiger partial charge in [-0.2, -0.15) is 5.26 Å². The van der Waals surface area contributed by atoms with Crippen molar-refractivity contribution < 1.29 is 0 Å². The Hall–Kier alpha value is -1.53. The SMILES string of the molecule is CC1(Cn2c(CCCl)nc3ccc(C#N)cc32)CCC1. The number of imidazole rings is 1. The first-order valence-corrected chi connectivity index (χ1v) is 7.64. The fourth-order valence-electron chi connectivity index (χ4n) is 3.01. The summed E-state index contributed by atoms with van der Waals surface area (Å²) in [4.78, 5) is 4.69. The summed E-state index contributed by atoms with van der Waals surface area (Å²) in [6.07, 6.45) is 4.63. The van der Waals surface area contributed by atoms with Gasteiger partial charge in [0.05, 0.1) is 22.7 Å². The molecule has 0 amide bonds. The third-order valence-electron chi connectivity index (χ3n) is 4.37. The van der Waals surface area contributed by atoms with Gasteiger partial charge in [0.15, 0.2) is 0 Å². The number of benzene rings is 1. The molecule has 1 aliphatic carbocycles. The van der Waals surface area contributed by atoms with Crippen LogP contribution in [-0.4, -0.2) is 15.4 Å². The predicted octanol–water partition coefficient (Wildman–Crippen LogP) is 3.88. The third kappa shape index (κ3) is 2.29. The van der Waals surface area contributed by atoms with Gasteiger partial charge in [-0.05, 0) is 36.5 Å². The highest BCUT2D eigenvalue weighted by Gasteiger charge is 2.33. The Kier molecular flexibility index (Phi) is 3.43. The van der Waals surface area contributed by atoms with E-state index >= 15 is 0 Å². The number of hydrogen-bond donors (Lipinski definition) is 0. The van der Waals surface area contributed by atoms with Crippen molar-refractivity contribution in [3.8, 4) is 6.07 Å². The molecule has 2 aromatic rings. The second-order valence-electron chi connectivity index (χ2n) is 6.03. The monoisotopic (exact) mass is 287 g/mol. The Balaban J connectivity index is 2.09. The van der Waals surface area contributed by atoms with Gasteiger partial charge in [-0.3, -0.25) is 0 Å². The van der Waals surface area contributed by atoms with Crippen LogP contribution in [0.15, 0.2) is 18.2 Å². The van der Waals surface area contributed by atoms with E-state index in [2.05, 4.69) is 22.5 Å². The maximum atomic E-state index is 9.09. The first-order chi connectivity index (χ1) is 9.65. The maximum absolute atomic E-state index is 9.09. The zero-order chi connectivity index (χ0) is 14.2. The van der Waals surface area contributed by atoms with Gasteiger partial charge in [-0.1, -0.05) is 13.3 Å². The number of fused-ring (bicyclic) bond motifs is 1. The van der Waals surface area contributed by atoms with E-state index in [4.69, 9.17) is 16.9 Å². The van der Waals surface area contributed by atoms with Crippen LogP contribution in [0.3, 0.4) is 0 Å². The van der Waals surface area contributed by atoms with Gasteiger partial charge in [-0.15, -0.1) is 11.6 Å². The van der Waals surface area contributed by atoms with Gasteiger partial charge < -0.3 is 4.57 Å². The number of aryl methyl sites for hydroxylation is 1. The number of hydrogen-bond acceptors (Lipinski definition) is 2. The zero-order valence-corrected chi connectivity index (χ0v) is 12.5. The summed E-state index contributed by atoms with van der Waals surface area (Å²) in [6.45, 7) is 3.31. The summed E-state index contributed by atoms with van der Waals surface area (Å²) in [5, 5.41) is 9.09. The molecule has 1 fully saturated rings. The molecule has 3 nitrogen and oxygen atoms in total. The molecule has 104 valence electrons. The molecule has 1 aromatic heterocycles. The molecule has 1 saturated carbocycles. The summed E-state index contributed by atoms with van der Waals surface area (Å²) < 4.78 is 2.28. The molecular weight excluding hydrogens is 270 g/mol. The Morgan fingerprint density at radius 3 is 2.85 bits per heavy atom. The Morgan fingerprint density at radius 2 is 2.25 bits per heavy atom. The van der Waals surface area contributed by atoms with E-state index in [-0.39, 0.29) is 0 Å². The number of halogens is 1. The second kappa shape index (κ2) is 5.10. The standard InChI is InChI=1S/C16H18ClN3/c1-16(6-2-7-16)11-20-14-9-12(10-18)3-4-13(14)19-15(20)5-8-17/h3-4,9H,2,5-8,11H2,1H3. The molecule has 0 spiro atoms. The maximum Gasteiger partial charge on any atom is 0.111 e. The highest BCUT2D eigenvalue weighted by atomic mass is 35.5. The van der Waals surface area contributed by atoms with Crippen LogP contribution in [0.4, 0.5) is 0 Å². The molecule has 1 aromatic carbocycles. The molecule has 0 atom stereocenters. The van der Waals surface area contributed by atoms with Crippen molar-refractivity contribution in [3.63, 3.8) is 0 Å². The van der Waals surface area contributed by atoms with Crippen molar-refractivity contribution in [2.45, 2.75) is 39.2 Å². The van der Waals surface area contributed by atoms with Crippen LogP contribution in [0.5, 0.6) is 0 Å². The Labute approximate surface area is 124 Å². The number of nitrogens with zero attached hydrogens (tertiary/aromatic N) is 3. The Morgan fingerprint density at radius 1 is 1.45 bits per heavy atom. The van der Waals surface area contributed by atoms with E-state index in [1.165, 1.54) is 19.3 Å². The van der Waals surface area contributed by atoms with Crippen molar-refractivity contribution in [1.82, 2.24) is 9.55 Å². The van der Waals surface area contributed by atoms with Crippen LogP contribution < -0.4 is 0 Å². The average molecular weight is 288 g/mol. The van der Waals surface area contributed by atoms with Crippen LogP contribution in [0.1, 0.15) is 37.6 Å². The normalized spacial score (nSPS) is 16.9. The smallest absolute Gasteiger partial charge is 0.111 e. The van der Waals surface area contributed by atoms with Crippen molar-refractivity contribution in [2.24, 2.45) is 5.41 Å². The Bertz CT molecular complexity index is 677. The van der Waals surface area contributed by atoms with Gasteiger partial charge in [0, 0.05) is 18.8 Å². The van der Waals surface area contributed by atoms with Gasteiger partial charge in [0.2, 0.25) is 0 Å². The van der Waals surface area contributed by atoms with Crippen LogP contribution in [0, 0.1) is 16.7 Å². The molecule has 20 heavy (non-hydrogen) atoms. The van der Waals surface area contributed by atoms with E-state index in [9.17, 15) is 0 Å². The fourth-order valence-corrected chi connectivity index (χ4v) is 3.18. The van der Waals surface area contributed by atoms with Gasteiger partial charge in [0.25, 0.3) is 0 Å². The van der Waals surface area contributed by atoms with Crippen LogP contribution in [-0.2, 0) is 13.0 Å². The third-order valence-corrected chi connectivity index (χ3v) is 4.56. The topological polar surface area (TPSA) is 41.6 Å². The number of nitriles is 1. The molecule has 0 radical (unpaired) electrons. The summed E-state index contributed by atoms with van der Waals surface area (Å²) in [5.41, 5.74) is 3.09. The molecule has 0 saturated heterocycles. The van der Waals surface area contributed by atoms with E-state index in [0.717, 1.165) is 29.8 Å². The van der Waals surface area contributed by atoms with E-state index < -0.39 is 0 Å². The average Bonchev–Trinajstić information content (AvgIpc) is 2.74. The number of aromatic nitrogens is 2. The molecule has 0 bridgehead atoms. The largest absolute Gasteiger partial charge is 0.327 e. The molecule has 3 rings (SSSR count). The van der Waals surface area contributed by atoms with E-state index in [0.29, 0.717) is 16.9 Å². The van der Waals surface area contributed by atoms with Gasteiger partial charge in [0.1, 0.15) is 5.82 Å². The minimum Gasteiger partial charge on any atom is -0.327 e.